The molecule has 0 spiro atoms. The number of halogens is 1. The van der Waals surface area contributed by atoms with E-state index in [1.807, 2.05) is 11.0 Å². The number of para-hydroxylation sites is 1. The van der Waals surface area contributed by atoms with Gasteiger partial charge in [-0.2, -0.15) is 0 Å². The van der Waals surface area contributed by atoms with Crippen LogP contribution < -0.4 is 0 Å². The molecule has 1 unspecified atom stereocenters. The highest BCUT2D eigenvalue weighted by molar-refractivity contribution is 14.1. The van der Waals surface area contributed by atoms with Crippen molar-refractivity contribution in [1.82, 2.24) is 4.90 Å². The summed E-state index contributed by atoms with van der Waals surface area (Å²) >= 11 is 9.34. The maximum absolute atomic E-state index is 10.9. The molecule has 4 nitrogen and oxygen atoms in total. The fourth-order valence-electron chi connectivity index (χ4n) is 1.81. The molecule has 0 aliphatic carbocycles. The van der Waals surface area contributed by atoms with E-state index >= 15 is 0 Å². The third-order valence-corrected chi connectivity index (χ3v) is 5.99. The van der Waals surface area contributed by atoms with Gasteiger partial charge in [0.25, 0.3) is 5.69 Å². The largest absolute Gasteiger partial charge is 0.352 e. The summed E-state index contributed by atoms with van der Waals surface area (Å²) in [4.78, 5) is 12.7. The van der Waals surface area contributed by atoms with Crippen molar-refractivity contribution in [2.45, 2.75) is 11.8 Å². The van der Waals surface area contributed by atoms with Gasteiger partial charge in [0.15, 0.2) is 0 Å². The van der Waals surface area contributed by atoms with Crippen molar-refractivity contribution >= 4 is 56.6 Å². The van der Waals surface area contributed by atoms with Crippen LogP contribution in [-0.2, 0) is 6.54 Å². The Morgan fingerprint density at radius 1 is 1.56 bits per heavy atom. The fourth-order valence-corrected chi connectivity index (χ4v) is 4.07. The molecule has 0 radical (unpaired) electrons. The molecular weight excluding hydrogens is 383 g/mol. The predicted octanol–water partition coefficient (Wildman–Crippen LogP) is 3.23. The first-order chi connectivity index (χ1) is 8.61. The Kier molecular flexibility index (Phi) is 4.79. The molecule has 0 aromatic heterocycles. The van der Waals surface area contributed by atoms with Gasteiger partial charge in [-0.25, -0.2) is 0 Å². The molecule has 0 saturated carbocycles. The quantitative estimate of drug-likeness (QED) is 0.258. The Morgan fingerprint density at radius 2 is 2.28 bits per heavy atom. The zero-order valence-electron chi connectivity index (χ0n) is 9.41. The van der Waals surface area contributed by atoms with Gasteiger partial charge in [-0.1, -0.05) is 64.8 Å². The van der Waals surface area contributed by atoms with Crippen molar-refractivity contribution < 1.29 is 4.92 Å². The lowest BCUT2D eigenvalue weighted by molar-refractivity contribution is -0.385. The normalized spacial score (nSPS) is 19.3. The number of rotatable bonds is 4. The standard InChI is InChI=1S/C11H11IN2O2S2/c12-5-9-7-13(11(17)18-9)6-8-3-1-2-4-10(8)14(15)16/h1-4,9H,5-7H2. The van der Waals surface area contributed by atoms with Crippen LogP contribution in [0.5, 0.6) is 0 Å². The van der Waals surface area contributed by atoms with E-state index in [1.54, 1.807) is 23.9 Å². The van der Waals surface area contributed by atoms with Gasteiger partial charge in [0, 0.05) is 27.9 Å². The van der Waals surface area contributed by atoms with Gasteiger partial charge in [-0.15, -0.1) is 0 Å². The molecule has 1 atom stereocenters. The number of benzene rings is 1. The molecule has 18 heavy (non-hydrogen) atoms. The Bertz CT molecular complexity index is 484. The SMILES string of the molecule is O=[N+]([O-])c1ccccc1CN1CC(CI)SC1=S. The molecule has 7 heteroatoms. The first-order valence-corrected chi connectivity index (χ1v) is 8.17. The molecule has 0 N–H and O–H groups in total. The Labute approximate surface area is 128 Å². The summed E-state index contributed by atoms with van der Waals surface area (Å²) < 4.78 is 1.88. The highest BCUT2D eigenvalue weighted by Gasteiger charge is 2.28. The van der Waals surface area contributed by atoms with Crippen molar-refractivity contribution in [2.75, 3.05) is 11.0 Å². The minimum Gasteiger partial charge on any atom is -0.352 e. The predicted molar refractivity (Wildman–Crippen MR) is 86.4 cm³/mol. The number of nitro groups is 1. The first kappa shape index (κ1) is 14.0. The molecule has 1 aromatic rings. The fraction of sp³-hybridized carbons (Fsp3) is 0.364. The van der Waals surface area contributed by atoms with Crippen LogP contribution in [-0.4, -0.2) is 30.4 Å². The van der Waals surface area contributed by atoms with Crippen molar-refractivity contribution in [1.29, 1.82) is 0 Å². The summed E-state index contributed by atoms with van der Waals surface area (Å²) in [6.07, 6.45) is 0. The number of hydrogen-bond donors (Lipinski definition) is 0. The maximum atomic E-state index is 10.9. The topological polar surface area (TPSA) is 46.4 Å². The van der Waals surface area contributed by atoms with Gasteiger partial charge in [0.05, 0.1) is 11.5 Å². The maximum Gasteiger partial charge on any atom is 0.274 e. The molecule has 1 heterocycles. The summed E-state index contributed by atoms with van der Waals surface area (Å²) in [5.41, 5.74) is 0.891. The second kappa shape index (κ2) is 6.16. The van der Waals surface area contributed by atoms with Crippen LogP contribution in [0.1, 0.15) is 5.56 Å². The highest BCUT2D eigenvalue weighted by Crippen LogP contribution is 2.30. The van der Waals surface area contributed by atoms with E-state index in [0.717, 1.165) is 20.9 Å². The molecule has 2 rings (SSSR count). The number of thiocarbonyl (C=S) groups is 1. The molecule has 0 bridgehead atoms. The lowest BCUT2D eigenvalue weighted by atomic mass is 10.1. The highest BCUT2D eigenvalue weighted by atomic mass is 127. The van der Waals surface area contributed by atoms with Crippen molar-refractivity contribution in [3.63, 3.8) is 0 Å². The number of thioether (sulfide) groups is 1. The van der Waals surface area contributed by atoms with Crippen molar-refractivity contribution in [3.05, 3.63) is 39.9 Å². The summed E-state index contributed by atoms with van der Waals surface area (Å²) in [5, 5.41) is 11.4. The van der Waals surface area contributed by atoms with E-state index in [4.69, 9.17) is 12.2 Å². The van der Waals surface area contributed by atoms with Gasteiger partial charge >= 0.3 is 0 Å². The number of nitrogens with zero attached hydrogens (tertiary/aromatic N) is 2. The number of alkyl halides is 1. The third-order valence-electron chi connectivity index (χ3n) is 2.67. The lowest BCUT2D eigenvalue weighted by Crippen LogP contribution is -2.25. The molecule has 1 saturated heterocycles. The molecular formula is C11H11IN2O2S2. The van der Waals surface area contributed by atoms with E-state index < -0.39 is 0 Å². The summed E-state index contributed by atoms with van der Waals surface area (Å²) in [6, 6.07) is 6.84. The second-order valence-electron chi connectivity index (χ2n) is 3.93. The van der Waals surface area contributed by atoms with Gasteiger partial charge < -0.3 is 4.90 Å². The smallest absolute Gasteiger partial charge is 0.274 e. The molecule has 1 aliphatic heterocycles. The Hall–Kier alpha value is -0.410. The minimum absolute atomic E-state index is 0.170. The lowest BCUT2D eigenvalue weighted by Gasteiger charge is -2.17. The molecule has 1 aliphatic rings. The molecule has 1 aromatic carbocycles. The first-order valence-electron chi connectivity index (χ1n) is 5.35. The van der Waals surface area contributed by atoms with E-state index in [-0.39, 0.29) is 10.6 Å². The molecule has 1 fully saturated rings. The number of nitro benzene ring substituents is 1. The third kappa shape index (κ3) is 3.12. The molecule has 96 valence electrons. The van der Waals surface area contributed by atoms with Gasteiger partial charge in [-0.05, 0) is 0 Å². The average molecular weight is 394 g/mol. The van der Waals surface area contributed by atoms with Crippen molar-refractivity contribution in [3.8, 4) is 0 Å². The van der Waals surface area contributed by atoms with E-state index in [9.17, 15) is 10.1 Å². The van der Waals surface area contributed by atoms with Gasteiger partial charge in [0.1, 0.15) is 4.32 Å². The van der Waals surface area contributed by atoms with Crippen molar-refractivity contribution in [2.24, 2.45) is 0 Å². The van der Waals surface area contributed by atoms with Crippen LogP contribution in [0.25, 0.3) is 0 Å². The number of hydrogen-bond acceptors (Lipinski definition) is 4. The van der Waals surface area contributed by atoms with Gasteiger partial charge in [-0.3, -0.25) is 10.1 Å². The van der Waals surface area contributed by atoms with E-state index in [0.29, 0.717) is 11.8 Å². The van der Waals surface area contributed by atoms with Crippen LogP contribution in [0.3, 0.4) is 0 Å². The Morgan fingerprint density at radius 3 is 2.89 bits per heavy atom. The van der Waals surface area contributed by atoms with Crippen LogP contribution >= 0.6 is 46.6 Å². The van der Waals surface area contributed by atoms with Crippen LogP contribution in [0.4, 0.5) is 5.69 Å². The summed E-state index contributed by atoms with van der Waals surface area (Å²) in [6.45, 7) is 1.40. The molecule has 0 amide bonds. The zero-order valence-corrected chi connectivity index (χ0v) is 13.2. The average Bonchev–Trinajstić information content (AvgIpc) is 2.71. The zero-order chi connectivity index (χ0) is 13.1. The van der Waals surface area contributed by atoms with Crippen LogP contribution in [0, 0.1) is 10.1 Å². The summed E-state index contributed by atoms with van der Waals surface area (Å²) in [7, 11) is 0. The minimum atomic E-state index is -0.336. The summed E-state index contributed by atoms with van der Waals surface area (Å²) in [5.74, 6) is 0. The van der Waals surface area contributed by atoms with Crippen LogP contribution in [0.15, 0.2) is 24.3 Å². The second-order valence-corrected chi connectivity index (χ2v) is 6.74. The van der Waals surface area contributed by atoms with Crippen LogP contribution in [0.2, 0.25) is 0 Å². The monoisotopic (exact) mass is 394 g/mol. The van der Waals surface area contributed by atoms with Gasteiger partial charge in [0.2, 0.25) is 0 Å². The Balaban J connectivity index is 2.15. The van der Waals surface area contributed by atoms with E-state index in [2.05, 4.69) is 22.6 Å². The van der Waals surface area contributed by atoms with E-state index in [1.165, 1.54) is 6.07 Å².